The third-order valence-electron chi connectivity index (χ3n) is 5.32. The van der Waals surface area contributed by atoms with Gasteiger partial charge in [0, 0.05) is 59.0 Å². The number of hydrogen-bond donors (Lipinski definition) is 1. The van der Waals surface area contributed by atoms with Crippen molar-refractivity contribution in [1.29, 1.82) is 0 Å². The molecule has 162 valence electrons. The molecule has 3 rings (SSSR count). The van der Waals surface area contributed by atoms with Crippen molar-refractivity contribution in [1.82, 2.24) is 20.0 Å². The maximum atomic E-state index is 12.5. The molecule has 11 heteroatoms. The monoisotopic (exact) mass is 519 g/mol. The number of rotatable bonds is 3. The van der Waals surface area contributed by atoms with Gasteiger partial charge in [-0.15, -0.1) is 24.0 Å². The Bertz CT molecular complexity index is 549. The lowest BCUT2D eigenvalue weighted by atomic mass is 10.2. The van der Waals surface area contributed by atoms with Crippen molar-refractivity contribution in [3.8, 4) is 0 Å². The van der Waals surface area contributed by atoms with Gasteiger partial charge in [0.2, 0.25) is 0 Å². The fraction of sp³-hybridized carbons (Fsp3) is 0.882. The van der Waals surface area contributed by atoms with Crippen LogP contribution in [-0.4, -0.2) is 104 Å². The molecule has 0 radical (unpaired) electrons. The number of carbonyl (C=O) groups is 1. The van der Waals surface area contributed by atoms with Crippen LogP contribution in [0.5, 0.6) is 0 Å². The van der Waals surface area contributed by atoms with Gasteiger partial charge in [-0.25, -0.2) is 0 Å². The zero-order valence-corrected chi connectivity index (χ0v) is 18.4. The van der Waals surface area contributed by atoms with E-state index in [9.17, 15) is 18.0 Å². The summed E-state index contributed by atoms with van der Waals surface area (Å²) in [4.78, 5) is 22.0. The Labute approximate surface area is 180 Å². The first-order valence-electron chi connectivity index (χ1n) is 9.53. The lowest BCUT2D eigenvalue weighted by Crippen LogP contribution is -2.56. The second-order valence-electron chi connectivity index (χ2n) is 7.34. The highest BCUT2D eigenvalue weighted by Crippen LogP contribution is 2.20. The van der Waals surface area contributed by atoms with E-state index in [1.807, 2.05) is 4.90 Å². The molecule has 3 aliphatic rings. The summed E-state index contributed by atoms with van der Waals surface area (Å²) in [6.45, 7) is 3.07. The van der Waals surface area contributed by atoms with Crippen LogP contribution in [0, 0.1) is 0 Å². The van der Waals surface area contributed by atoms with E-state index in [-0.39, 0.29) is 42.0 Å². The molecule has 7 nitrogen and oxygen atoms in total. The predicted molar refractivity (Wildman–Crippen MR) is 110 cm³/mol. The van der Waals surface area contributed by atoms with Gasteiger partial charge < -0.3 is 19.9 Å². The van der Waals surface area contributed by atoms with Crippen molar-refractivity contribution in [2.75, 3.05) is 59.5 Å². The predicted octanol–water partition coefficient (Wildman–Crippen LogP) is 1.14. The van der Waals surface area contributed by atoms with E-state index in [4.69, 9.17) is 4.74 Å². The molecule has 2 unspecified atom stereocenters. The highest BCUT2D eigenvalue weighted by molar-refractivity contribution is 14.0. The second kappa shape index (κ2) is 10.3. The van der Waals surface area contributed by atoms with Crippen LogP contribution in [0.1, 0.15) is 19.3 Å². The zero-order chi connectivity index (χ0) is 19.4. The molecule has 0 spiro atoms. The Hall–Kier alpha value is -0.820. The molecular weight excluding hydrogens is 490 g/mol. The zero-order valence-electron chi connectivity index (χ0n) is 16.1. The molecule has 0 aromatic rings. The van der Waals surface area contributed by atoms with Gasteiger partial charge in [-0.05, 0) is 19.3 Å². The summed E-state index contributed by atoms with van der Waals surface area (Å²) in [5.74, 6) is 0.756. The molecule has 0 bridgehead atoms. The van der Waals surface area contributed by atoms with Crippen LogP contribution in [0.3, 0.4) is 0 Å². The molecule has 2 atom stereocenters. The molecule has 0 aromatic heterocycles. The standard InChI is InChI=1S/C17H28F3N5O2.HI/c1-21-16(22-13-4-5-23(11-13)12-17(18,19)20)25-8-6-24(7-9-25)15(26)14-3-2-10-27-14;/h13-14H,2-12H2,1H3,(H,21,22);1H. The summed E-state index contributed by atoms with van der Waals surface area (Å²) in [5, 5.41) is 3.29. The van der Waals surface area contributed by atoms with Crippen molar-refractivity contribution in [2.24, 2.45) is 4.99 Å². The van der Waals surface area contributed by atoms with Crippen LogP contribution in [-0.2, 0) is 9.53 Å². The normalized spacial score (nSPS) is 27.1. The first kappa shape index (κ1) is 23.5. The van der Waals surface area contributed by atoms with Gasteiger partial charge in [-0.3, -0.25) is 14.7 Å². The van der Waals surface area contributed by atoms with Gasteiger partial charge in [0.25, 0.3) is 5.91 Å². The van der Waals surface area contributed by atoms with Crippen LogP contribution >= 0.6 is 24.0 Å². The number of aliphatic imine (C=N–C) groups is 1. The van der Waals surface area contributed by atoms with E-state index >= 15 is 0 Å². The average molecular weight is 519 g/mol. The Morgan fingerprint density at radius 2 is 1.82 bits per heavy atom. The Balaban J connectivity index is 0.00000280. The Kier molecular flexibility index (Phi) is 8.61. The highest BCUT2D eigenvalue weighted by atomic mass is 127. The maximum absolute atomic E-state index is 12.5. The van der Waals surface area contributed by atoms with Gasteiger partial charge in [0.1, 0.15) is 6.10 Å². The molecule has 1 amide bonds. The molecule has 0 aromatic carbocycles. The molecule has 28 heavy (non-hydrogen) atoms. The van der Waals surface area contributed by atoms with Gasteiger partial charge in [0.15, 0.2) is 5.96 Å². The fourth-order valence-corrected chi connectivity index (χ4v) is 3.94. The number of guanidine groups is 1. The lowest BCUT2D eigenvalue weighted by Gasteiger charge is -2.38. The summed E-state index contributed by atoms with van der Waals surface area (Å²) in [6, 6.07) is -0.0439. The van der Waals surface area contributed by atoms with Gasteiger partial charge in [-0.2, -0.15) is 13.2 Å². The minimum atomic E-state index is -4.16. The van der Waals surface area contributed by atoms with Crippen LogP contribution in [0.15, 0.2) is 4.99 Å². The number of hydrogen-bond acceptors (Lipinski definition) is 4. The van der Waals surface area contributed by atoms with E-state index in [0.29, 0.717) is 58.3 Å². The van der Waals surface area contributed by atoms with Crippen molar-refractivity contribution >= 4 is 35.8 Å². The van der Waals surface area contributed by atoms with Crippen LogP contribution in [0.4, 0.5) is 13.2 Å². The van der Waals surface area contributed by atoms with Crippen LogP contribution in [0.25, 0.3) is 0 Å². The van der Waals surface area contributed by atoms with Crippen molar-refractivity contribution in [2.45, 2.75) is 37.6 Å². The van der Waals surface area contributed by atoms with Gasteiger partial charge in [0.05, 0.1) is 6.54 Å². The number of ether oxygens (including phenoxy) is 1. The van der Waals surface area contributed by atoms with E-state index < -0.39 is 12.7 Å². The Morgan fingerprint density at radius 1 is 1.14 bits per heavy atom. The number of alkyl halides is 3. The third-order valence-corrected chi connectivity index (χ3v) is 5.32. The van der Waals surface area contributed by atoms with E-state index in [0.717, 1.165) is 12.8 Å². The van der Waals surface area contributed by atoms with E-state index in [1.165, 1.54) is 4.90 Å². The van der Waals surface area contributed by atoms with Gasteiger partial charge in [-0.1, -0.05) is 0 Å². The molecule has 3 fully saturated rings. The Morgan fingerprint density at radius 3 is 2.39 bits per heavy atom. The van der Waals surface area contributed by atoms with E-state index in [2.05, 4.69) is 15.2 Å². The van der Waals surface area contributed by atoms with Crippen molar-refractivity contribution in [3.05, 3.63) is 0 Å². The topological polar surface area (TPSA) is 60.4 Å². The minimum absolute atomic E-state index is 0. The lowest BCUT2D eigenvalue weighted by molar-refractivity contribution is -0.144. The third kappa shape index (κ3) is 6.34. The molecule has 0 aliphatic carbocycles. The number of halogens is 4. The molecule has 3 aliphatic heterocycles. The largest absolute Gasteiger partial charge is 0.401 e. The first-order chi connectivity index (χ1) is 12.9. The molecule has 3 saturated heterocycles. The summed E-state index contributed by atoms with van der Waals surface area (Å²) < 4.78 is 43.1. The van der Waals surface area contributed by atoms with Crippen molar-refractivity contribution in [3.63, 3.8) is 0 Å². The van der Waals surface area contributed by atoms with E-state index in [1.54, 1.807) is 7.05 Å². The van der Waals surface area contributed by atoms with Gasteiger partial charge >= 0.3 is 6.18 Å². The number of amides is 1. The summed E-state index contributed by atoms with van der Waals surface area (Å²) in [7, 11) is 1.68. The smallest absolute Gasteiger partial charge is 0.368 e. The van der Waals surface area contributed by atoms with Crippen molar-refractivity contribution < 1.29 is 22.7 Å². The van der Waals surface area contributed by atoms with Crippen LogP contribution in [0.2, 0.25) is 0 Å². The summed E-state index contributed by atoms with van der Waals surface area (Å²) >= 11 is 0. The maximum Gasteiger partial charge on any atom is 0.401 e. The quantitative estimate of drug-likeness (QED) is 0.345. The minimum Gasteiger partial charge on any atom is -0.368 e. The first-order valence-corrected chi connectivity index (χ1v) is 9.53. The summed E-state index contributed by atoms with van der Waals surface area (Å²) in [6.07, 6.45) is -2.08. The highest BCUT2D eigenvalue weighted by Gasteiger charge is 2.35. The molecule has 3 heterocycles. The number of nitrogens with zero attached hydrogens (tertiary/aromatic N) is 4. The fourth-order valence-electron chi connectivity index (χ4n) is 3.94. The molecule has 1 N–H and O–H groups in total. The SMILES string of the molecule is CN=C(NC1CCN(CC(F)(F)F)C1)N1CCN(C(=O)C2CCCO2)CC1.I. The molecule has 0 saturated carbocycles. The molecular formula is C17H29F3IN5O2. The summed E-state index contributed by atoms with van der Waals surface area (Å²) in [5.41, 5.74) is 0. The number of likely N-dealkylation sites (tertiary alicyclic amines) is 1. The number of nitrogens with one attached hydrogen (secondary N) is 1. The average Bonchev–Trinajstić information content (AvgIpc) is 3.30. The number of carbonyl (C=O) groups excluding carboxylic acids is 1. The number of piperazine rings is 1. The second-order valence-corrected chi connectivity index (χ2v) is 7.34. The van der Waals surface area contributed by atoms with Crippen LogP contribution < -0.4 is 5.32 Å².